The van der Waals surface area contributed by atoms with Gasteiger partial charge in [0.05, 0.1) is 78.9 Å². The molecule has 258 valence electrons. The van der Waals surface area contributed by atoms with Gasteiger partial charge in [-0.2, -0.15) is 0 Å². The summed E-state index contributed by atoms with van der Waals surface area (Å²) in [5, 5.41) is 0.691. The molecule has 0 aliphatic heterocycles. The fraction of sp³-hybridized carbons (Fsp3) is 0.375. The molecule has 1 aromatic heterocycles. The molecule has 0 aliphatic rings. The molecule has 0 saturated heterocycles. The first-order chi connectivity index (χ1) is 23.4. The number of hydrogen-bond donors (Lipinski definition) is 0. The van der Waals surface area contributed by atoms with Crippen LogP contribution in [0.4, 0.5) is 0 Å². The number of aromatic nitrogens is 1. The van der Waals surface area contributed by atoms with Crippen LogP contribution in [-0.4, -0.2) is 103 Å². The highest BCUT2D eigenvalue weighted by Crippen LogP contribution is 2.42. The van der Waals surface area contributed by atoms with Gasteiger partial charge >= 0.3 is 5.97 Å². The number of quaternary nitrogens is 1. The molecule has 4 rings (SSSR count). The Bertz CT molecular complexity index is 1860. The molecule has 0 atom stereocenters. The number of esters is 1. The van der Waals surface area contributed by atoms with Crippen LogP contribution in [0.3, 0.4) is 0 Å². The van der Waals surface area contributed by atoms with Gasteiger partial charge in [-0.3, -0.25) is 0 Å². The number of fused-ring (bicyclic) bond motifs is 1. The van der Waals surface area contributed by atoms with E-state index in [2.05, 4.69) is 49.7 Å². The molecule has 0 saturated carbocycles. The summed E-state index contributed by atoms with van der Waals surface area (Å²) in [6.45, 7) is 3.29. The summed E-state index contributed by atoms with van der Waals surface area (Å²) < 4.78 is 31.4. The zero-order chi connectivity index (χ0) is 35.6. The number of carbonyl (C=O) groups is 1. The molecule has 0 aliphatic carbocycles. The second kappa shape index (κ2) is 16.8. The van der Waals surface area contributed by atoms with Gasteiger partial charge in [0.2, 0.25) is 0 Å². The Kier molecular flexibility index (Phi) is 12.6. The molecule has 0 N–H and O–H groups in total. The van der Waals surface area contributed by atoms with Crippen molar-refractivity contribution in [1.82, 2.24) is 9.47 Å². The average Bonchev–Trinajstić information content (AvgIpc) is 3.43. The number of hydrogen-bond acceptors (Lipinski definition) is 7. The first-order valence-electron chi connectivity index (χ1n) is 16.3. The molecule has 9 heteroatoms. The number of rotatable bonds is 13. The van der Waals surface area contributed by atoms with Crippen molar-refractivity contribution in [1.29, 1.82) is 0 Å². The summed E-state index contributed by atoms with van der Waals surface area (Å²) in [5.41, 5.74) is 3.75. The van der Waals surface area contributed by atoms with Crippen LogP contribution in [-0.2, 0) is 11.8 Å². The Morgan fingerprint density at radius 2 is 1.27 bits per heavy atom. The third-order valence-electron chi connectivity index (χ3n) is 7.83. The Morgan fingerprint density at radius 3 is 1.76 bits per heavy atom. The van der Waals surface area contributed by atoms with Gasteiger partial charge < -0.3 is 37.6 Å². The second-order valence-electron chi connectivity index (χ2n) is 12.9. The minimum Gasteiger partial charge on any atom is -0.494 e. The monoisotopic (exact) mass is 666 g/mol. The average molecular weight is 667 g/mol. The molecular weight excluding hydrogens is 618 g/mol. The van der Waals surface area contributed by atoms with Crippen LogP contribution >= 0.6 is 0 Å². The minimum atomic E-state index is -0.479. The highest BCUT2D eigenvalue weighted by atomic mass is 16.5. The topological polar surface area (TPSA) is 71.4 Å². The molecule has 3 aromatic carbocycles. The lowest BCUT2D eigenvalue weighted by atomic mass is 10.0. The maximum Gasteiger partial charge on any atom is 0.354 e. The molecule has 0 unspecified atom stereocenters. The standard InChI is InChI=1S/C40H48N3O6/c1-41(2)24-10-26-48-31-18-14-30(15-19-31)17-23-34-37-35(28-36(42(37)3)40(44)47-9)33(38(45-7)39(34)46-8)22-16-29-12-20-32(21-13-29)49-27-11-25-43(4,5)6/h12-15,18-21,28H,10-11,24-27H2,1-9H3/q+1. The van der Waals surface area contributed by atoms with Gasteiger partial charge in [0.1, 0.15) is 17.2 Å². The Morgan fingerprint density at radius 1 is 0.755 bits per heavy atom. The second-order valence-corrected chi connectivity index (χ2v) is 12.9. The molecule has 9 nitrogen and oxygen atoms in total. The van der Waals surface area contributed by atoms with Crippen molar-refractivity contribution < 1.29 is 33.0 Å². The number of benzene rings is 3. The van der Waals surface area contributed by atoms with E-state index in [9.17, 15) is 4.79 Å². The third-order valence-corrected chi connectivity index (χ3v) is 7.83. The predicted molar refractivity (Wildman–Crippen MR) is 194 cm³/mol. The lowest BCUT2D eigenvalue weighted by Gasteiger charge is -2.23. The predicted octanol–water partition coefficient (Wildman–Crippen LogP) is 5.59. The number of methoxy groups -OCH3 is 3. The van der Waals surface area contributed by atoms with Crippen molar-refractivity contribution in [2.24, 2.45) is 7.05 Å². The van der Waals surface area contributed by atoms with Crippen molar-refractivity contribution in [3.05, 3.63) is 82.5 Å². The lowest BCUT2D eigenvalue weighted by Crippen LogP contribution is -2.35. The van der Waals surface area contributed by atoms with Gasteiger partial charge in [-0.15, -0.1) is 0 Å². The van der Waals surface area contributed by atoms with E-state index in [1.165, 1.54) is 7.11 Å². The minimum absolute atomic E-state index is 0.349. The molecule has 0 bridgehead atoms. The highest BCUT2D eigenvalue weighted by molar-refractivity contribution is 6.02. The Hall–Kier alpha value is -5.09. The smallest absolute Gasteiger partial charge is 0.354 e. The van der Waals surface area contributed by atoms with Gasteiger partial charge in [0.25, 0.3) is 0 Å². The van der Waals surface area contributed by atoms with Gasteiger partial charge in [-0.25, -0.2) is 4.79 Å². The number of nitrogens with zero attached hydrogens (tertiary/aromatic N) is 3. The first kappa shape index (κ1) is 36.7. The molecule has 4 aromatic rings. The van der Waals surface area contributed by atoms with E-state index >= 15 is 0 Å². The number of carbonyl (C=O) groups excluding carboxylic acids is 1. The summed E-state index contributed by atoms with van der Waals surface area (Å²) in [6.07, 6.45) is 1.90. The summed E-state index contributed by atoms with van der Waals surface area (Å²) >= 11 is 0. The van der Waals surface area contributed by atoms with Crippen molar-refractivity contribution in [3.8, 4) is 46.7 Å². The summed E-state index contributed by atoms with van der Waals surface area (Å²) in [7, 11) is 16.9. The molecule has 0 amide bonds. The van der Waals surface area contributed by atoms with E-state index in [1.54, 1.807) is 31.9 Å². The van der Waals surface area contributed by atoms with E-state index in [4.69, 9.17) is 23.7 Å². The van der Waals surface area contributed by atoms with E-state index in [0.717, 1.165) is 53.0 Å². The van der Waals surface area contributed by atoms with E-state index in [1.807, 2.05) is 62.6 Å². The zero-order valence-electron chi connectivity index (χ0n) is 30.2. The number of aryl methyl sites for hydroxylation is 1. The summed E-state index contributed by atoms with van der Waals surface area (Å²) in [4.78, 5) is 15.0. The van der Waals surface area contributed by atoms with Gasteiger partial charge in [0.15, 0.2) is 11.5 Å². The van der Waals surface area contributed by atoms with Crippen LogP contribution in [0, 0.1) is 23.7 Å². The first-order valence-corrected chi connectivity index (χ1v) is 16.3. The molecule has 0 spiro atoms. The van der Waals surface area contributed by atoms with Crippen LogP contribution in [0.15, 0.2) is 54.6 Å². The molecule has 1 heterocycles. The fourth-order valence-corrected chi connectivity index (χ4v) is 5.32. The Balaban J connectivity index is 1.70. The summed E-state index contributed by atoms with van der Waals surface area (Å²) in [6, 6.07) is 17.1. The third kappa shape index (κ3) is 9.73. The Labute approximate surface area is 290 Å². The van der Waals surface area contributed by atoms with Gasteiger partial charge in [0, 0.05) is 36.5 Å². The summed E-state index contributed by atoms with van der Waals surface area (Å²) in [5.74, 6) is 15.0. The lowest BCUT2D eigenvalue weighted by molar-refractivity contribution is -0.870. The van der Waals surface area contributed by atoms with Crippen LogP contribution in [0.5, 0.6) is 23.0 Å². The van der Waals surface area contributed by atoms with Gasteiger partial charge in [-0.1, -0.05) is 23.7 Å². The van der Waals surface area contributed by atoms with E-state index in [-0.39, 0.29) is 0 Å². The largest absolute Gasteiger partial charge is 0.494 e. The molecular formula is C40H48N3O6+. The van der Waals surface area contributed by atoms with Crippen molar-refractivity contribution in [3.63, 3.8) is 0 Å². The maximum absolute atomic E-state index is 12.8. The van der Waals surface area contributed by atoms with Gasteiger partial charge in [-0.05, 0) is 75.1 Å². The van der Waals surface area contributed by atoms with Crippen molar-refractivity contribution >= 4 is 16.9 Å². The van der Waals surface area contributed by atoms with Crippen LogP contribution in [0.1, 0.15) is 45.6 Å². The van der Waals surface area contributed by atoms with E-state index < -0.39 is 5.97 Å². The fourth-order valence-electron chi connectivity index (χ4n) is 5.32. The molecule has 49 heavy (non-hydrogen) atoms. The van der Waals surface area contributed by atoms with Crippen LogP contribution in [0.2, 0.25) is 0 Å². The zero-order valence-corrected chi connectivity index (χ0v) is 30.2. The molecule has 0 fully saturated rings. The number of ether oxygens (including phenoxy) is 5. The van der Waals surface area contributed by atoms with Crippen molar-refractivity contribution in [2.75, 3.05) is 82.9 Å². The maximum atomic E-state index is 12.8. The van der Waals surface area contributed by atoms with Crippen LogP contribution < -0.4 is 18.9 Å². The highest BCUT2D eigenvalue weighted by Gasteiger charge is 2.25. The SMILES string of the molecule is COC(=O)c1cc2c(C#Cc3ccc(OCCC[N+](C)(C)C)cc3)c(OC)c(OC)c(C#Cc3ccc(OCCCN(C)C)cc3)c2n1C. The van der Waals surface area contributed by atoms with E-state index in [0.29, 0.717) is 52.4 Å². The molecule has 0 radical (unpaired) electrons. The van der Waals surface area contributed by atoms with Crippen LogP contribution in [0.25, 0.3) is 10.9 Å². The quantitative estimate of drug-likeness (QED) is 0.0798. The normalized spacial score (nSPS) is 11.0. The van der Waals surface area contributed by atoms with Crippen molar-refractivity contribution in [2.45, 2.75) is 12.8 Å².